The van der Waals surface area contributed by atoms with Gasteiger partial charge in [0.2, 0.25) is 0 Å². The van der Waals surface area contributed by atoms with Crippen LogP contribution in [-0.4, -0.2) is 18.0 Å². The number of carbonyl (C=O) groups excluding carboxylic acids is 1. The van der Waals surface area contributed by atoms with E-state index in [0.717, 1.165) is 19.4 Å². The van der Waals surface area contributed by atoms with Gasteiger partial charge in [0.05, 0.1) is 0 Å². The Kier molecular flexibility index (Phi) is 4.49. The monoisotopic (exact) mass is 209 g/mol. The zero-order chi connectivity index (χ0) is 11.4. The van der Waals surface area contributed by atoms with Crippen LogP contribution in [0.1, 0.15) is 47.0 Å². The number of aliphatic imine (C=N–C) groups is 1. The summed E-state index contributed by atoms with van der Waals surface area (Å²) in [6, 6.07) is 0. The van der Waals surface area contributed by atoms with Crippen molar-refractivity contribution in [3.63, 3.8) is 0 Å². The van der Waals surface area contributed by atoms with Crippen molar-refractivity contribution in [2.45, 2.75) is 47.0 Å². The first-order valence-electron chi connectivity index (χ1n) is 6.08. The van der Waals surface area contributed by atoms with Crippen LogP contribution in [0.25, 0.3) is 0 Å². The Morgan fingerprint density at radius 3 is 2.40 bits per heavy atom. The van der Waals surface area contributed by atoms with Crippen molar-refractivity contribution in [1.82, 2.24) is 0 Å². The van der Waals surface area contributed by atoms with Gasteiger partial charge in [0.15, 0.2) is 0 Å². The first kappa shape index (κ1) is 12.4. The fourth-order valence-electron chi connectivity index (χ4n) is 2.11. The van der Waals surface area contributed by atoms with Crippen LogP contribution in [0.2, 0.25) is 0 Å². The Morgan fingerprint density at radius 1 is 1.33 bits per heavy atom. The van der Waals surface area contributed by atoms with Gasteiger partial charge in [-0.3, -0.25) is 9.79 Å². The zero-order valence-corrected chi connectivity index (χ0v) is 10.4. The molecule has 0 aromatic heterocycles. The molecule has 0 N–H and O–H groups in total. The van der Waals surface area contributed by atoms with E-state index in [-0.39, 0.29) is 11.8 Å². The van der Waals surface area contributed by atoms with Gasteiger partial charge in [0, 0.05) is 24.1 Å². The first-order valence-corrected chi connectivity index (χ1v) is 6.08. The molecular formula is C13H23NO. The van der Waals surface area contributed by atoms with Gasteiger partial charge < -0.3 is 0 Å². The SMILES string of the molecule is CC(C)C(=O)[C@@H](CC1=NCCC1)C(C)C. The number of rotatable bonds is 5. The van der Waals surface area contributed by atoms with Crippen LogP contribution in [0.3, 0.4) is 0 Å². The molecule has 0 radical (unpaired) electrons. The molecule has 1 atom stereocenters. The second-order valence-electron chi connectivity index (χ2n) is 5.16. The Morgan fingerprint density at radius 2 is 2.00 bits per heavy atom. The summed E-state index contributed by atoms with van der Waals surface area (Å²) in [5, 5.41) is 0. The van der Waals surface area contributed by atoms with Gasteiger partial charge >= 0.3 is 0 Å². The van der Waals surface area contributed by atoms with E-state index in [1.165, 1.54) is 12.1 Å². The fraction of sp³-hybridized carbons (Fsp3) is 0.846. The van der Waals surface area contributed by atoms with Crippen molar-refractivity contribution in [1.29, 1.82) is 0 Å². The van der Waals surface area contributed by atoms with Crippen LogP contribution in [0.15, 0.2) is 4.99 Å². The minimum Gasteiger partial charge on any atom is -0.299 e. The lowest BCUT2D eigenvalue weighted by Gasteiger charge is -2.21. The second-order valence-corrected chi connectivity index (χ2v) is 5.16. The number of Topliss-reactive ketones (excluding diaryl/α,β-unsaturated/α-hetero) is 1. The van der Waals surface area contributed by atoms with Crippen LogP contribution in [-0.2, 0) is 4.79 Å². The second kappa shape index (κ2) is 5.43. The lowest BCUT2D eigenvalue weighted by molar-refractivity contribution is -0.126. The van der Waals surface area contributed by atoms with Crippen molar-refractivity contribution >= 4 is 11.5 Å². The molecule has 15 heavy (non-hydrogen) atoms. The van der Waals surface area contributed by atoms with Crippen molar-refractivity contribution in [3.8, 4) is 0 Å². The maximum Gasteiger partial charge on any atom is 0.139 e. The number of hydrogen-bond donors (Lipinski definition) is 0. The first-order chi connectivity index (χ1) is 7.02. The molecule has 0 fully saturated rings. The molecule has 2 heteroatoms. The number of hydrogen-bond acceptors (Lipinski definition) is 2. The van der Waals surface area contributed by atoms with E-state index in [1.54, 1.807) is 0 Å². The lowest BCUT2D eigenvalue weighted by atomic mass is 9.82. The summed E-state index contributed by atoms with van der Waals surface area (Å²) < 4.78 is 0. The van der Waals surface area contributed by atoms with Crippen LogP contribution in [0, 0.1) is 17.8 Å². The Labute approximate surface area is 93.2 Å². The molecule has 0 unspecified atom stereocenters. The smallest absolute Gasteiger partial charge is 0.139 e. The van der Waals surface area contributed by atoms with E-state index in [1.807, 2.05) is 13.8 Å². The predicted molar refractivity (Wildman–Crippen MR) is 64.3 cm³/mol. The third-order valence-corrected chi connectivity index (χ3v) is 3.15. The van der Waals surface area contributed by atoms with Crippen molar-refractivity contribution in [2.24, 2.45) is 22.7 Å². The van der Waals surface area contributed by atoms with Gasteiger partial charge in [-0.25, -0.2) is 0 Å². The van der Waals surface area contributed by atoms with Gasteiger partial charge in [-0.05, 0) is 25.2 Å². The highest BCUT2D eigenvalue weighted by Crippen LogP contribution is 2.23. The molecule has 86 valence electrons. The zero-order valence-electron chi connectivity index (χ0n) is 10.4. The van der Waals surface area contributed by atoms with Crippen molar-refractivity contribution in [2.75, 3.05) is 6.54 Å². The molecular weight excluding hydrogens is 186 g/mol. The van der Waals surface area contributed by atoms with Gasteiger partial charge in [-0.2, -0.15) is 0 Å². The number of ketones is 1. The van der Waals surface area contributed by atoms with Gasteiger partial charge in [-0.15, -0.1) is 0 Å². The molecule has 1 aliphatic rings. The van der Waals surface area contributed by atoms with Crippen LogP contribution < -0.4 is 0 Å². The van der Waals surface area contributed by atoms with Crippen molar-refractivity contribution in [3.05, 3.63) is 0 Å². The highest BCUT2D eigenvalue weighted by Gasteiger charge is 2.26. The van der Waals surface area contributed by atoms with Crippen LogP contribution in [0.5, 0.6) is 0 Å². The van der Waals surface area contributed by atoms with Gasteiger partial charge in [0.1, 0.15) is 5.78 Å². The summed E-state index contributed by atoms with van der Waals surface area (Å²) in [7, 11) is 0. The summed E-state index contributed by atoms with van der Waals surface area (Å²) in [4.78, 5) is 16.5. The van der Waals surface area contributed by atoms with E-state index in [0.29, 0.717) is 11.7 Å². The highest BCUT2D eigenvalue weighted by molar-refractivity contribution is 5.92. The molecule has 2 nitrogen and oxygen atoms in total. The minimum atomic E-state index is 0.152. The summed E-state index contributed by atoms with van der Waals surface area (Å²) in [5.74, 6) is 1.17. The molecule has 1 aliphatic heterocycles. The van der Waals surface area contributed by atoms with Crippen LogP contribution >= 0.6 is 0 Å². The van der Waals surface area contributed by atoms with E-state index < -0.39 is 0 Å². The number of carbonyl (C=O) groups is 1. The molecule has 1 heterocycles. The Bertz CT molecular complexity index is 253. The summed E-state index contributed by atoms with van der Waals surface area (Å²) >= 11 is 0. The Hall–Kier alpha value is -0.660. The average Bonchev–Trinajstić information content (AvgIpc) is 2.64. The molecule has 0 aromatic rings. The summed E-state index contributed by atoms with van der Waals surface area (Å²) in [6.07, 6.45) is 3.18. The third kappa shape index (κ3) is 3.44. The van der Waals surface area contributed by atoms with Gasteiger partial charge in [0.25, 0.3) is 0 Å². The van der Waals surface area contributed by atoms with Gasteiger partial charge in [-0.1, -0.05) is 27.7 Å². The summed E-state index contributed by atoms with van der Waals surface area (Å²) in [6.45, 7) is 9.24. The average molecular weight is 209 g/mol. The number of nitrogens with zero attached hydrogens (tertiary/aromatic N) is 1. The fourth-order valence-corrected chi connectivity index (χ4v) is 2.11. The molecule has 0 saturated carbocycles. The Balaban J connectivity index is 2.61. The quantitative estimate of drug-likeness (QED) is 0.684. The largest absolute Gasteiger partial charge is 0.299 e. The standard InChI is InChI=1S/C13H23NO/c1-9(2)12(13(15)10(3)4)8-11-6-5-7-14-11/h9-10,12H,5-8H2,1-4H3/t12-/m0/s1. The third-order valence-electron chi connectivity index (χ3n) is 3.15. The molecule has 0 aromatic carbocycles. The van der Waals surface area contributed by atoms with E-state index in [2.05, 4.69) is 18.8 Å². The lowest BCUT2D eigenvalue weighted by Crippen LogP contribution is -2.26. The maximum atomic E-state index is 12.0. The van der Waals surface area contributed by atoms with Crippen LogP contribution in [0.4, 0.5) is 0 Å². The van der Waals surface area contributed by atoms with E-state index >= 15 is 0 Å². The normalized spacial score (nSPS) is 18.4. The van der Waals surface area contributed by atoms with E-state index in [4.69, 9.17) is 0 Å². The minimum absolute atomic E-state index is 0.152. The topological polar surface area (TPSA) is 29.4 Å². The predicted octanol–water partition coefficient (Wildman–Crippen LogP) is 3.11. The summed E-state index contributed by atoms with van der Waals surface area (Å²) in [5.41, 5.74) is 1.27. The van der Waals surface area contributed by atoms with E-state index in [9.17, 15) is 4.79 Å². The molecule has 0 aliphatic carbocycles. The molecule has 0 bridgehead atoms. The maximum absolute atomic E-state index is 12.0. The molecule has 0 spiro atoms. The molecule has 1 rings (SSSR count). The highest BCUT2D eigenvalue weighted by atomic mass is 16.1. The molecule has 0 amide bonds. The molecule has 0 saturated heterocycles. The van der Waals surface area contributed by atoms with Crippen molar-refractivity contribution < 1.29 is 4.79 Å².